The molecule has 0 aliphatic rings. The Bertz CT molecular complexity index is 418. The summed E-state index contributed by atoms with van der Waals surface area (Å²) < 4.78 is 18.6. The van der Waals surface area contributed by atoms with Crippen LogP contribution in [0, 0.1) is 17.1 Å². The Balaban J connectivity index is 2.53. The smallest absolute Gasteiger partial charge is 0.144 e. The molecule has 1 aromatic rings. The number of nitrogens with zero attached hydrogens (tertiary/aromatic N) is 1. The SMILES string of the molecule is CC(C)(C)NCCOc1cccc(F)c1C#N. The molecule has 4 heteroatoms. The number of halogens is 1. The summed E-state index contributed by atoms with van der Waals surface area (Å²) in [5, 5.41) is 12.0. The Morgan fingerprint density at radius 3 is 2.71 bits per heavy atom. The zero-order valence-corrected chi connectivity index (χ0v) is 10.4. The highest BCUT2D eigenvalue weighted by atomic mass is 19.1. The van der Waals surface area contributed by atoms with Crippen molar-refractivity contribution in [2.24, 2.45) is 0 Å². The Morgan fingerprint density at radius 1 is 1.41 bits per heavy atom. The number of benzene rings is 1. The Kier molecular flexibility index (Phi) is 4.47. The second-order valence-corrected chi connectivity index (χ2v) is 4.75. The molecule has 17 heavy (non-hydrogen) atoms. The van der Waals surface area contributed by atoms with Gasteiger partial charge < -0.3 is 10.1 Å². The van der Waals surface area contributed by atoms with E-state index in [1.165, 1.54) is 12.1 Å². The summed E-state index contributed by atoms with van der Waals surface area (Å²) >= 11 is 0. The van der Waals surface area contributed by atoms with Crippen LogP contribution < -0.4 is 10.1 Å². The van der Waals surface area contributed by atoms with Crippen LogP contribution in [0.15, 0.2) is 18.2 Å². The van der Waals surface area contributed by atoms with E-state index in [-0.39, 0.29) is 11.1 Å². The highest BCUT2D eigenvalue weighted by Gasteiger charge is 2.10. The highest BCUT2D eigenvalue weighted by molar-refractivity contribution is 5.43. The van der Waals surface area contributed by atoms with E-state index in [4.69, 9.17) is 10.00 Å². The van der Waals surface area contributed by atoms with Crippen molar-refractivity contribution < 1.29 is 9.13 Å². The maximum absolute atomic E-state index is 13.2. The van der Waals surface area contributed by atoms with Gasteiger partial charge in [-0.25, -0.2) is 4.39 Å². The summed E-state index contributed by atoms with van der Waals surface area (Å²) in [6.45, 7) is 7.20. The second kappa shape index (κ2) is 5.65. The van der Waals surface area contributed by atoms with Gasteiger partial charge in [-0.3, -0.25) is 0 Å². The Labute approximate surface area is 101 Å². The lowest BCUT2D eigenvalue weighted by Gasteiger charge is -2.20. The van der Waals surface area contributed by atoms with Gasteiger partial charge in [-0.2, -0.15) is 5.26 Å². The van der Waals surface area contributed by atoms with E-state index >= 15 is 0 Å². The van der Waals surface area contributed by atoms with Crippen molar-refractivity contribution in [3.8, 4) is 11.8 Å². The monoisotopic (exact) mass is 236 g/mol. The topological polar surface area (TPSA) is 45.0 Å². The summed E-state index contributed by atoms with van der Waals surface area (Å²) in [7, 11) is 0. The van der Waals surface area contributed by atoms with Gasteiger partial charge in [0.05, 0.1) is 0 Å². The van der Waals surface area contributed by atoms with Crippen molar-refractivity contribution in [2.75, 3.05) is 13.2 Å². The van der Waals surface area contributed by atoms with Gasteiger partial charge in [-0.1, -0.05) is 6.07 Å². The molecule has 0 bridgehead atoms. The Hall–Kier alpha value is -1.60. The third-order valence-electron chi connectivity index (χ3n) is 2.10. The molecule has 1 N–H and O–H groups in total. The first kappa shape index (κ1) is 13.5. The van der Waals surface area contributed by atoms with Crippen LogP contribution in [0.1, 0.15) is 26.3 Å². The van der Waals surface area contributed by atoms with Gasteiger partial charge >= 0.3 is 0 Å². The summed E-state index contributed by atoms with van der Waals surface area (Å²) in [6.07, 6.45) is 0. The first-order valence-corrected chi connectivity index (χ1v) is 5.50. The normalized spacial score (nSPS) is 11.0. The summed E-state index contributed by atoms with van der Waals surface area (Å²) in [5.41, 5.74) is -0.0214. The molecule has 92 valence electrons. The van der Waals surface area contributed by atoms with Crippen molar-refractivity contribution in [3.63, 3.8) is 0 Å². The van der Waals surface area contributed by atoms with Gasteiger partial charge in [0.15, 0.2) is 0 Å². The van der Waals surface area contributed by atoms with Crippen LogP contribution in [0.2, 0.25) is 0 Å². The molecule has 1 rings (SSSR count). The third kappa shape index (κ3) is 4.41. The molecule has 0 heterocycles. The van der Waals surface area contributed by atoms with Gasteiger partial charge in [0.25, 0.3) is 0 Å². The standard InChI is InChI=1S/C13H17FN2O/c1-13(2,3)16-7-8-17-12-6-4-5-11(14)10(12)9-15/h4-6,16H,7-8H2,1-3H3. The maximum Gasteiger partial charge on any atom is 0.144 e. The summed E-state index contributed by atoms with van der Waals surface area (Å²) in [5.74, 6) is -0.253. The Morgan fingerprint density at radius 2 is 2.12 bits per heavy atom. The highest BCUT2D eigenvalue weighted by Crippen LogP contribution is 2.19. The molecule has 0 aromatic heterocycles. The van der Waals surface area contributed by atoms with E-state index in [9.17, 15) is 4.39 Å². The van der Waals surface area contributed by atoms with Crippen molar-refractivity contribution in [3.05, 3.63) is 29.6 Å². The molecule has 1 aromatic carbocycles. The molecule has 0 fully saturated rings. The summed E-state index contributed by atoms with van der Waals surface area (Å²) in [6, 6.07) is 6.18. The molecule has 0 radical (unpaired) electrons. The number of rotatable bonds is 4. The zero-order valence-electron chi connectivity index (χ0n) is 10.4. The van der Waals surface area contributed by atoms with Gasteiger partial charge in [-0.15, -0.1) is 0 Å². The van der Waals surface area contributed by atoms with Crippen LogP contribution in [0.25, 0.3) is 0 Å². The van der Waals surface area contributed by atoms with Crippen molar-refractivity contribution in [1.82, 2.24) is 5.32 Å². The van der Waals surface area contributed by atoms with Gasteiger partial charge in [0.2, 0.25) is 0 Å². The molecule has 0 amide bonds. The van der Waals surface area contributed by atoms with E-state index in [0.717, 1.165) is 0 Å². The van der Waals surface area contributed by atoms with Crippen molar-refractivity contribution in [1.29, 1.82) is 5.26 Å². The fourth-order valence-electron chi connectivity index (χ4n) is 1.32. The largest absolute Gasteiger partial charge is 0.491 e. The lowest BCUT2D eigenvalue weighted by atomic mass is 10.1. The van der Waals surface area contributed by atoms with Crippen LogP contribution in [0.4, 0.5) is 4.39 Å². The van der Waals surface area contributed by atoms with Crippen LogP contribution in [-0.4, -0.2) is 18.7 Å². The fourth-order valence-corrected chi connectivity index (χ4v) is 1.32. The number of hydrogen-bond acceptors (Lipinski definition) is 3. The predicted octanol–water partition coefficient (Wildman–Crippen LogP) is 2.46. The van der Waals surface area contributed by atoms with E-state index in [2.05, 4.69) is 26.1 Å². The van der Waals surface area contributed by atoms with Crippen LogP contribution in [-0.2, 0) is 0 Å². The predicted molar refractivity (Wildman–Crippen MR) is 64.4 cm³/mol. The number of hydrogen-bond donors (Lipinski definition) is 1. The third-order valence-corrected chi connectivity index (χ3v) is 2.10. The first-order chi connectivity index (χ1) is 7.94. The zero-order chi connectivity index (χ0) is 12.9. The van der Waals surface area contributed by atoms with E-state index in [0.29, 0.717) is 18.9 Å². The van der Waals surface area contributed by atoms with E-state index in [1.807, 2.05) is 0 Å². The fraction of sp³-hybridized carbons (Fsp3) is 0.462. The molecule has 0 aliphatic carbocycles. The second-order valence-electron chi connectivity index (χ2n) is 4.75. The average Bonchev–Trinajstić information content (AvgIpc) is 2.23. The molecule has 0 unspecified atom stereocenters. The molecule has 0 aliphatic heterocycles. The van der Waals surface area contributed by atoms with Crippen molar-refractivity contribution in [2.45, 2.75) is 26.3 Å². The summed E-state index contributed by atoms with van der Waals surface area (Å²) in [4.78, 5) is 0. The molecule has 0 saturated carbocycles. The average molecular weight is 236 g/mol. The molecule has 3 nitrogen and oxygen atoms in total. The first-order valence-electron chi connectivity index (χ1n) is 5.50. The number of ether oxygens (including phenoxy) is 1. The van der Waals surface area contributed by atoms with Crippen molar-refractivity contribution >= 4 is 0 Å². The number of nitrogens with one attached hydrogen (secondary N) is 1. The van der Waals surface area contributed by atoms with Crippen LogP contribution >= 0.6 is 0 Å². The molecular formula is C13H17FN2O. The van der Waals surface area contributed by atoms with Gasteiger partial charge in [0.1, 0.15) is 29.8 Å². The lowest BCUT2D eigenvalue weighted by Crippen LogP contribution is -2.38. The lowest BCUT2D eigenvalue weighted by molar-refractivity contribution is 0.289. The van der Waals surface area contributed by atoms with Gasteiger partial charge in [0, 0.05) is 12.1 Å². The number of nitriles is 1. The van der Waals surface area contributed by atoms with E-state index in [1.54, 1.807) is 12.1 Å². The molecule has 0 saturated heterocycles. The minimum atomic E-state index is -0.547. The minimum absolute atomic E-state index is 0.0172. The molecular weight excluding hydrogens is 219 g/mol. The van der Waals surface area contributed by atoms with Crippen LogP contribution in [0.3, 0.4) is 0 Å². The van der Waals surface area contributed by atoms with Gasteiger partial charge in [-0.05, 0) is 32.9 Å². The minimum Gasteiger partial charge on any atom is -0.491 e. The molecule has 0 spiro atoms. The molecule has 0 atom stereocenters. The maximum atomic E-state index is 13.2. The quantitative estimate of drug-likeness (QED) is 0.817. The van der Waals surface area contributed by atoms with E-state index < -0.39 is 5.82 Å². The van der Waals surface area contributed by atoms with Crippen LogP contribution in [0.5, 0.6) is 5.75 Å².